The number of anilines is 1. The maximum Gasteiger partial charge on any atom is 0.342 e. The molecule has 1 amide bonds. The third-order valence-corrected chi connectivity index (χ3v) is 5.07. The van der Waals surface area contributed by atoms with Crippen molar-refractivity contribution in [2.75, 3.05) is 26.0 Å². The van der Waals surface area contributed by atoms with E-state index in [-0.39, 0.29) is 33.7 Å². The second-order valence-electron chi connectivity index (χ2n) is 5.57. The summed E-state index contributed by atoms with van der Waals surface area (Å²) in [6.45, 7) is 1.53. The number of rotatable bonds is 8. The van der Waals surface area contributed by atoms with Crippen molar-refractivity contribution in [1.82, 2.24) is 5.32 Å². The summed E-state index contributed by atoms with van der Waals surface area (Å²) < 4.78 is 10.2. The molecular weight excluding hydrogens is 392 g/mol. The van der Waals surface area contributed by atoms with Crippen LogP contribution in [0, 0.1) is 0 Å². The van der Waals surface area contributed by atoms with Gasteiger partial charge in [0.1, 0.15) is 11.3 Å². The normalized spacial score (nSPS) is 10.3. The fraction of sp³-hybridized carbons (Fsp3) is 0.278. The van der Waals surface area contributed by atoms with Crippen molar-refractivity contribution in [1.29, 1.82) is 0 Å². The summed E-state index contributed by atoms with van der Waals surface area (Å²) in [4.78, 5) is 36.8. The molecule has 144 valence electrons. The van der Waals surface area contributed by atoms with Crippen molar-refractivity contribution in [3.05, 3.63) is 44.6 Å². The van der Waals surface area contributed by atoms with E-state index in [0.717, 1.165) is 4.88 Å². The summed E-state index contributed by atoms with van der Waals surface area (Å²) >= 11 is 7.23. The zero-order valence-corrected chi connectivity index (χ0v) is 16.4. The zero-order valence-electron chi connectivity index (χ0n) is 14.8. The predicted octanol–water partition coefficient (Wildman–Crippen LogP) is 2.71. The second kappa shape index (κ2) is 9.38. The molecule has 0 aliphatic carbocycles. The van der Waals surface area contributed by atoms with Crippen molar-refractivity contribution in [3.63, 3.8) is 0 Å². The van der Waals surface area contributed by atoms with Crippen LogP contribution in [0.1, 0.15) is 31.8 Å². The number of carbonyl (C=O) groups excluding carboxylic acids is 3. The summed E-state index contributed by atoms with van der Waals surface area (Å²) in [5.41, 5.74) is 6.04. The number of methoxy groups -OCH3 is 1. The number of benzene rings is 1. The Morgan fingerprint density at radius 3 is 2.67 bits per heavy atom. The molecule has 1 aromatic carbocycles. The van der Waals surface area contributed by atoms with Gasteiger partial charge in [0.15, 0.2) is 6.61 Å². The molecule has 2 rings (SSSR count). The van der Waals surface area contributed by atoms with Gasteiger partial charge in [-0.25, -0.2) is 4.79 Å². The molecular formula is C18H19ClN2O5S. The van der Waals surface area contributed by atoms with Gasteiger partial charge in [0, 0.05) is 24.4 Å². The molecule has 0 atom stereocenters. The van der Waals surface area contributed by atoms with Gasteiger partial charge in [-0.3, -0.25) is 9.59 Å². The fourth-order valence-corrected chi connectivity index (χ4v) is 3.30. The third-order valence-electron chi connectivity index (χ3n) is 3.55. The van der Waals surface area contributed by atoms with E-state index in [2.05, 4.69) is 5.32 Å². The van der Waals surface area contributed by atoms with Crippen LogP contribution in [-0.4, -0.2) is 37.9 Å². The number of amides is 1. The lowest BCUT2D eigenvalue weighted by atomic mass is 10.2. The van der Waals surface area contributed by atoms with Gasteiger partial charge in [0.05, 0.1) is 22.7 Å². The van der Waals surface area contributed by atoms with Crippen molar-refractivity contribution in [2.24, 2.45) is 0 Å². The molecule has 3 N–H and O–H groups in total. The molecule has 0 saturated heterocycles. The third kappa shape index (κ3) is 5.70. The van der Waals surface area contributed by atoms with Gasteiger partial charge >= 0.3 is 5.97 Å². The van der Waals surface area contributed by atoms with Crippen LogP contribution in [-0.2, 0) is 16.0 Å². The van der Waals surface area contributed by atoms with Gasteiger partial charge in [-0.15, -0.1) is 11.3 Å². The van der Waals surface area contributed by atoms with E-state index in [1.54, 1.807) is 6.07 Å². The van der Waals surface area contributed by atoms with Crippen LogP contribution in [0.3, 0.4) is 0 Å². The number of Topliss-reactive ketones (excluding diaryl/α,β-unsaturated/α-hetero) is 1. The monoisotopic (exact) mass is 410 g/mol. The number of nitrogens with one attached hydrogen (secondary N) is 1. The summed E-state index contributed by atoms with van der Waals surface area (Å²) in [6, 6.07) is 6.24. The van der Waals surface area contributed by atoms with Gasteiger partial charge in [-0.05, 0) is 24.6 Å². The minimum Gasteiger partial charge on any atom is -0.496 e. The highest BCUT2D eigenvalue weighted by Crippen LogP contribution is 2.29. The number of ketones is 1. The number of esters is 1. The summed E-state index contributed by atoms with van der Waals surface area (Å²) in [7, 11) is 1.39. The number of halogens is 1. The molecule has 0 radical (unpaired) electrons. The molecule has 9 heteroatoms. The Balaban J connectivity index is 1.96. The fourth-order valence-electron chi connectivity index (χ4n) is 2.20. The van der Waals surface area contributed by atoms with Gasteiger partial charge in [0.2, 0.25) is 11.7 Å². The molecule has 27 heavy (non-hydrogen) atoms. The van der Waals surface area contributed by atoms with Crippen LogP contribution >= 0.6 is 22.9 Å². The Labute approximate surface area is 165 Å². The average Bonchev–Trinajstić information content (AvgIpc) is 3.10. The Bertz CT molecular complexity index is 865. The Morgan fingerprint density at radius 1 is 1.26 bits per heavy atom. The molecule has 0 unspecified atom stereocenters. The first-order valence-corrected chi connectivity index (χ1v) is 9.17. The lowest BCUT2D eigenvalue weighted by Crippen LogP contribution is -2.22. The molecule has 0 fully saturated rings. The SMILES string of the molecule is COc1cc(N)c(Cl)cc1C(=O)OCC(=O)c1ccc(CCNC(C)=O)s1. The Morgan fingerprint density at radius 2 is 2.00 bits per heavy atom. The molecule has 1 heterocycles. The molecule has 0 bridgehead atoms. The number of ether oxygens (including phenoxy) is 2. The van der Waals surface area contributed by atoms with Gasteiger partial charge in [-0.2, -0.15) is 0 Å². The van der Waals surface area contributed by atoms with Crippen LogP contribution in [0.4, 0.5) is 5.69 Å². The number of nitrogens with two attached hydrogens (primary N) is 1. The van der Waals surface area contributed by atoms with Crippen molar-refractivity contribution in [2.45, 2.75) is 13.3 Å². The number of hydrogen-bond donors (Lipinski definition) is 2. The quantitative estimate of drug-likeness (QED) is 0.393. The maximum atomic E-state index is 12.2. The van der Waals surface area contributed by atoms with E-state index >= 15 is 0 Å². The van der Waals surface area contributed by atoms with E-state index in [9.17, 15) is 14.4 Å². The standard InChI is InChI=1S/C18H19ClN2O5S/c1-10(22)21-6-5-11-3-4-17(27-11)15(23)9-26-18(24)12-7-13(19)14(20)8-16(12)25-2/h3-4,7-8H,5-6,9,20H2,1-2H3,(H,21,22). The van der Waals surface area contributed by atoms with Crippen molar-refractivity contribution in [3.8, 4) is 5.75 Å². The minimum absolute atomic E-state index is 0.0895. The Kier molecular flexibility index (Phi) is 7.20. The second-order valence-corrected chi connectivity index (χ2v) is 7.15. The number of carbonyl (C=O) groups is 3. The minimum atomic E-state index is -0.732. The van der Waals surface area contributed by atoms with E-state index in [1.165, 1.54) is 37.5 Å². The van der Waals surface area contributed by atoms with Gasteiger partial charge in [0.25, 0.3) is 0 Å². The molecule has 2 aromatic rings. The number of thiophene rings is 1. The van der Waals surface area contributed by atoms with Crippen molar-refractivity contribution < 1.29 is 23.9 Å². The molecule has 0 spiro atoms. The smallest absolute Gasteiger partial charge is 0.342 e. The Hall–Kier alpha value is -2.58. The van der Waals surface area contributed by atoms with E-state index in [1.807, 2.05) is 6.07 Å². The maximum absolute atomic E-state index is 12.2. The van der Waals surface area contributed by atoms with Gasteiger partial charge < -0.3 is 20.5 Å². The summed E-state index contributed by atoms with van der Waals surface area (Å²) in [6.07, 6.45) is 0.623. The van der Waals surface area contributed by atoms with E-state index < -0.39 is 12.6 Å². The molecule has 0 saturated carbocycles. The first kappa shape index (κ1) is 20.7. The molecule has 7 nitrogen and oxygen atoms in total. The topological polar surface area (TPSA) is 108 Å². The lowest BCUT2D eigenvalue weighted by Gasteiger charge is -2.10. The number of hydrogen-bond acceptors (Lipinski definition) is 7. The molecule has 0 aliphatic rings. The van der Waals surface area contributed by atoms with Gasteiger partial charge in [-0.1, -0.05) is 11.6 Å². The highest BCUT2D eigenvalue weighted by atomic mass is 35.5. The van der Waals surface area contributed by atoms with Crippen LogP contribution in [0.15, 0.2) is 24.3 Å². The van der Waals surface area contributed by atoms with Crippen LogP contribution in [0.2, 0.25) is 5.02 Å². The molecule has 1 aromatic heterocycles. The number of nitrogen functional groups attached to an aromatic ring is 1. The van der Waals surface area contributed by atoms with Crippen LogP contribution in [0.5, 0.6) is 5.75 Å². The van der Waals surface area contributed by atoms with Crippen LogP contribution in [0.25, 0.3) is 0 Å². The zero-order chi connectivity index (χ0) is 20.0. The molecule has 0 aliphatic heterocycles. The first-order chi connectivity index (χ1) is 12.8. The largest absolute Gasteiger partial charge is 0.496 e. The lowest BCUT2D eigenvalue weighted by molar-refractivity contribution is -0.118. The van der Waals surface area contributed by atoms with Crippen LogP contribution < -0.4 is 15.8 Å². The predicted molar refractivity (Wildman–Crippen MR) is 104 cm³/mol. The van der Waals surface area contributed by atoms with E-state index in [4.69, 9.17) is 26.8 Å². The summed E-state index contributed by atoms with van der Waals surface area (Å²) in [5.74, 6) is -0.942. The average molecular weight is 411 g/mol. The van der Waals surface area contributed by atoms with E-state index in [0.29, 0.717) is 17.8 Å². The van der Waals surface area contributed by atoms with Crippen molar-refractivity contribution >= 4 is 46.3 Å². The first-order valence-electron chi connectivity index (χ1n) is 7.98. The highest BCUT2D eigenvalue weighted by Gasteiger charge is 2.19. The highest BCUT2D eigenvalue weighted by molar-refractivity contribution is 7.14. The summed E-state index contributed by atoms with van der Waals surface area (Å²) in [5, 5.41) is 2.88.